The zero-order valence-corrected chi connectivity index (χ0v) is 12.8. The van der Waals surface area contributed by atoms with Crippen molar-refractivity contribution in [3.8, 4) is 5.75 Å². The van der Waals surface area contributed by atoms with Crippen LogP contribution in [0, 0.1) is 5.41 Å². The van der Waals surface area contributed by atoms with Gasteiger partial charge >= 0.3 is 0 Å². The fourth-order valence-electron chi connectivity index (χ4n) is 2.25. The van der Waals surface area contributed by atoms with E-state index >= 15 is 0 Å². The molecule has 1 aliphatic heterocycles. The molecule has 1 unspecified atom stereocenters. The average molecular weight is 293 g/mol. The molecular weight excluding hydrogens is 270 g/mol. The van der Waals surface area contributed by atoms with Crippen LogP contribution in [-0.4, -0.2) is 48.0 Å². The monoisotopic (exact) mass is 293 g/mol. The Labute approximate surface area is 125 Å². The molecule has 1 aromatic carbocycles. The number of hydrogen-bond donors (Lipinski definition) is 2. The van der Waals surface area contributed by atoms with Crippen LogP contribution in [0.15, 0.2) is 24.3 Å². The molecule has 1 aromatic rings. The third-order valence-electron chi connectivity index (χ3n) is 3.52. The normalized spacial score (nSPS) is 19.8. The Morgan fingerprint density at radius 1 is 1.45 bits per heavy atom. The Hall–Kier alpha value is -1.20. The van der Waals surface area contributed by atoms with E-state index in [1.165, 1.54) is 18.7 Å². The number of nitrogen functional groups attached to an aromatic ring is 1. The maximum Gasteiger partial charge on any atom is 0.122 e. The van der Waals surface area contributed by atoms with E-state index in [1.54, 1.807) is 0 Å². The summed E-state index contributed by atoms with van der Waals surface area (Å²) in [4.78, 5) is 2.48. The molecule has 1 saturated heterocycles. The molecule has 1 aliphatic rings. The summed E-state index contributed by atoms with van der Waals surface area (Å²) in [7, 11) is 0. The number of rotatable bonds is 6. The SMILES string of the molecule is CCC1CN(CCOc2ccc(C(=N)N)cc2)CCS1. The number of ether oxygens (including phenoxy) is 1. The van der Waals surface area contributed by atoms with Gasteiger partial charge in [0.2, 0.25) is 0 Å². The maximum atomic E-state index is 7.34. The van der Waals surface area contributed by atoms with Gasteiger partial charge in [0.05, 0.1) is 0 Å². The summed E-state index contributed by atoms with van der Waals surface area (Å²) in [6.45, 7) is 6.28. The van der Waals surface area contributed by atoms with Crippen LogP contribution >= 0.6 is 11.8 Å². The van der Waals surface area contributed by atoms with Gasteiger partial charge in [-0.25, -0.2) is 0 Å². The zero-order valence-electron chi connectivity index (χ0n) is 12.0. The number of thioether (sulfide) groups is 1. The second-order valence-electron chi connectivity index (χ2n) is 4.99. The number of nitrogens with one attached hydrogen (secondary N) is 1. The van der Waals surface area contributed by atoms with Gasteiger partial charge in [0.1, 0.15) is 18.2 Å². The average Bonchev–Trinajstić information content (AvgIpc) is 2.48. The molecule has 0 bridgehead atoms. The lowest BCUT2D eigenvalue weighted by Gasteiger charge is -2.31. The molecule has 1 atom stereocenters. The van der Waals surface area contributed by atoms with Gasteiger partial charge in [0.25, 0.3) is 0 Å². The number of benzene rings is 1. The fourth-order valence-corrected chi connectivity index (χ4v) is 3.50. The van der Waals surface area contributed by atoms with Crippen molar-refractivity contribution in [1.29, 1.82) is 5.41 Å². The molecule has 0 spiro atoms. The van der Waals surface area contributed by atoms with Gasteiger partial charge in [-0.05, 0) is 30.7 Å². The Balaban J connectivity index is 1.74. The number of nitrogens with zero attached hydrogens (tertiary/aromatic N) is 1. The molecule has 4 nitrogen and oxygen atoms in total. The minimum atomic E-state index is 0.0907. The summed E-state index contributed by atoms with van der Waals surface area (Å²) in [5.74, 6) is 2.16. The van der Waals surface area contributed by atoms with E-state index in [9.17, 15) is 0 Å². The van der Waals surface area contributed by atoms with Gasteiger partial charge < -0.3 is 10.5 Å². The molecule has 0 amide bonds. The molecule has 20 heavy (non-hydrogen) atoms. The maximum absolute atomic E-state index is 7.34. The molecule has 3 N–H and O–H groups in total. The highest BCUT2D eigenvalue weighted by atomic mass is 32.2. The third-order valence-corrected chi connectivity index (χ3v) is 4.89. The van der Waals surface area contributed by atoms with Crippen LogP contribution in [0.25, 0.3) is 0 Å². The van der Waals surface area contributed by atoms with Gasteiger partial charge in [0.15, 0.2) is 0 Å². The molecule has 0 aromatic heterocycles. The lowest BCUT2D eigenvalue weighted by molar-refractivity contribution is 0.212. The number of hydrogen-bond acceptors (Lipinski definition) is 4. The van der Waals surface area contributed by atoms with Crippen LogP contribution < -0.4 is 10.5 Å². The van der Waals surface area contributed by atoms with Crippen molar-refractivity contribution in [1.82, 2.24) is 4.90 Å². The molecule has 0 saturated carbocycles. The molecular formula is C15H23N3OS. The molecule has 2 rings (SSSR count). The summed E-state index contributed by atoms with van der Waals surface area (Å²) in [6.07, 6.45) is 1.24. The first-order valence-electron chi connectivity index (χ1n) is 7.10. The third kappa shape index (κ3) is 4.42. The quantitative estimate of drug-likeness (QED) is 0.623. The van der Waals surface area contributed by atoms with Crippen molar-refractivity contribution in [2.75, 3.05) is 32.0 Å². The largest absolute Gasteiger partial charge is 0.492 e. The molecule has 110 valence electrons. The Bertz CT molecular complexity index is 435. The van der Waals surface area contributed by atoms with Crippen molar-refractivity contribution in [2.24, 2.45) is 5.73 Å². The van der Waals surface area contributed by atoms with Crippen LogP contribution in [0.5, 0.6) is 5.75 Å². The van der Waals surface area contributed by atoms with E-state index in [0.29, 0.717) is 6.61 Å². The van der Waals surface area contributed by atoms with Crippen molar-refractivity contribution in [3.05, 3.63) is 29.8 Å². The molecule has 1 fully saturated rings. The van der Waals surface area contributed by atoms with E-state index in [4.69, 9.17) is 15.9 Å². The smallest absolute Gasteiger partial charge is 0.122 e. The highest BCUT2D eigenvalue weighted by molar-refractivity contribution is 8.00. The summed E-state index contributed by atoms with van der Waals surface area (Å²) >= 11 is 2.09. The molecule has 5 heteroatoms. The van der Waals surface area contributed by atoms with Crippen molar-refractivity contribution in [3.63, 3.8) is 0 Å². The first-order valence-corrected chi connectivity index (χ1v) is 8.15. The lowest BCUT2D eigenvalue weighted by Crippen LogP contribution is -2.39. The van der Waals surface area contributed by atoms with Gasteiger partial charge in [0, 0.05) is 36.2 Å². The first-order chi connectivity index (χ1) is 9.69. The van der Waals surface area contributed by atoms with Crippen LogP contribution in [0.3, 0.4) is 0 Å². The van der Waals surface area contributed by atoms with Gasteiger partial charge in [-0.1, -0.05) is 6.92 Å². The highest BCUT2D eigenvalue weighted by Crippen LogP contribution is 2.20. The van der Waals surface area contributed by atoms with Crippen LogP contribution in [0.4, 0.5) is 0 Å². The predicted octanol–water partition coefficient (Wildman–Crippen LogP) is 2.18. The molecule has 0 radical (unpaired) electrons. The van der Waals surface area contributed by atoms with E-state index in [-0.39, 0.29) is 5.84 Å². The highest BCUT2D eigenvalue weighted by Gasteiger charge is 2.18. The van der Waals surface area contributed by atoms with Crippen LogP contribution in [0.2, 0.25) is 0 Å². The van der Waals surface area contributed by atoms with E-state index in [2.05, 4.69) is 23.6 Å². The topological polar surface area (TPSA) is 62.3 Å². The van der Waals surface area contributed by atoms with E-state index in [0.717, 1.165) is 29.7 Å². The Kier molecular flexibility index (Phi) is 5.73. The predicted molar refractivity (Wildman–Crippen MR) is 85.9 cm³/mol. The summed E-state index contributed by atoms with van der Waals surface area (Å²) in [5, 5.41) is 8.12. The number of amidine groups is 1. The first kappa shape index (κ1) is 15.2. The lowest BCUT2D eigenvalue weighted by atomic mass is 10.2. The minimum absolute atomic E-state index is 0.0907. The Morgan fingerprint density at radius 2 is 2.20 bits per heavy atom. The van der Waals surface area contributed by atoms with Crippen molar-refractivity contribution >= 4 is 17.6 Å². The van der Waals surface area contributed by atoms with Gasteiger partial charge in [-0.3, -0.25) is 10.3 Å². The van der Waals surface area contributed by atoms with Crippen LogP contribution in [-0.2, 0) is 0 Å². The second-order valence-corrected chi connectivity index (χ2v) is 6.40. The van der Waals surface area contributed by atoms with E-state index in [1.807, 2.05) is 24.3 Å². The fraction of sp³-hybridized carbons (Fsp3) is 0.533. The zero-order chi connectivity index (χ0) is 14.4. The van der Waals surface area contributed by atoms with E-state index < -0.39 is 0 Å². The number of nitrogens with two attached hydrogens (primary N) is 1. The Morgan fingerprint density at radius 3 is 2.85 bits per heavy atom. The van der Waals surface area contributed by atoms with Crippen molar-refractivity contribution < 1.29 is 4.74 Å². The van der Waals surface area contributed by atoms with Gasteiger partial charge in [-0.15, -0.1) is 0 Å². The summed E-state index contributed by atoms with van der Waals surface area (Å²) < 4.78 is 5.75. The molecule has 0 aliphatic carbocycles. The second kappa shape index (κ2) is 7.55. The standard InChI is InChI=1S/C15H23N3OS/c1-2-14-11-18(8-10-20-14)7-9-19-13-5-3-12(4-6-13)15(16)17/h3-6,14H,2,7-11H2,1H3,(H3,16,17). The van der Waals surface area contributed by atoms with Crippen LogP contribution in [0.1, 0.15) is 18.9 Å². The minimum Gasteiger partial charge on any atom is -0.492 e. The van der Waals surface area contributed by atoms with Gasteiger partial charge in [-0.2, -0.15) is 11.8 Å². The van der Waals surface area contributed by atoms with Crippen molar-refractivity contribution in [2.45, 2.75) is 18.6 Å². The summed E-state index contributed by atoms with van der Waals surface area (Å²) in [6, 6.07) is 7.39. The summed E-state index contributed by atoms with van der Waals surface area (Å²) in [5.41, 5.74) is 6.15. The molecule has 1 heterocycles.